The van der Waals surface area contributed by atoms with Crippen LogP contribution in [0, 0.1) is 5.82 Å². The number of hydrogen-bond acceptors (Lipinski definition) is 5. The van der Waals surface area contributed by atoms with Gasteiger partial charge in [0, 0.05) is 36.0 Å². The smallest absolute Gasteiger partial charge is 0.342 e. The normalized spacial score (nSPS) is 13.4. The highest BCUT2D eigenvalue weighted by atomic mass is 35.5. The molecule has 2 amide bonds. The molecule has 2 aromatic heterocycles. The van der Waals surface area contributed by atoms with Gasteiger partial charge in [-0.2, -0.15) is 9.78 Å². The van der Waals surface area contributed by atoms with Crippen molar-refractivity contribution < 1.29 is 19.1 Å². The number of aromatic nitrogens is 3. The summed E-state index contributed by atoms with van der Waals surface area (Å²) in [4.78, 5) is 29.6. The zero-order valence-corrected chi connectivity index (χ0v) is 21.1. The number of anilines is 1. The zero-order valence-electron chi connectivity index (χ0n) is 20.3. The maximum absolute atomic E-state index is 13.5. The van der Waals surface area contributed by atoms with E-state index in [-0.39, 0.29) is 34.7 Å². The number of carbonyl (C=O) groups excluding carboxylic acids is 2. The Morgan fingerprint density at radius 1 is 1.08 bits per heavy atom. The molecule has 3 N–H and O–H groups in total. The second kappa shape index (κ2) is 11.0. The van der Waals surface area contributed by atoms with Gasteiger partial charge in [0.2, 0.25) is 0 Å². The molecule has 0 atom stereocenters. The van der Waals surface area contributed by atoms with E-state index in [0.717, 1.165) is 31.4 Å². The summed E-state index contributed by atoms with van der Waals surface area (Å²) >= 11 is 6.00. The van der Waals surface area contributed by atoms with Gasteiger partial charge >= 0.3 is 6.03 Å². The second-order valence-electron chi connectivity index (χ2n) is 9.16. The van der Waals surface area contributed by atoms with E-state index in [1.807, 2.05) is 6.07 Å². The molecule has 2 aromatic carbocycles. The van der Waals surface area contributed by atoms with E-state index in [1.165, 1.54) is 29.1 Å². The Balaban J connectivity index is 1.38. The van der Waals surface area contributed by atoms with Crippen molar-refractivity contribution in [1.29, 1.82) is 0 Å². The lowest BCUT2D eigenvalue weighted by Crippen LogP contribution is -2.30. The lowest BCUT2D eigenvalue weighted by Gasteiger charge is -2.12. The predicted octanol–water partition coefficient (Wildman–Crippen LogP) is 6.11. The number of phenolic OH excluding ortho intramolecular Hbond substituents is 1. The molecule has 1 saturated carbocycles. The van der Waals surface area contributed by atoms with Gasteiger partial charge in [0.25, 0.3) is 5.91 Å². The highest BCUT2D eigenvalue weighted by Gasteiger charge is 2.26. The molecule has 1 fully saturated rings. The van der Waals surface area contributed by atoms with Crippen LogP contribution >= 0.6 is 11.6 Å². The molecule has 0 bridgehead atoms. The van der Waals surface area contributed by atoms with Gasteiger partial charge in [-0.25, -0.2) is 14.2 Å². The number of hydrogen-bond donors (Lipinski definition) is 3. The molecule has 0 aliphatic heterocycles. The number of amides is 2. The molecule has 4 aromatic rings. The number of pyridine rings is 1. The topological polar surface area (TPSA) is 109 Å². The first-order chi connectivity index (χ1) is 18.4. The van der Waals surface area contributed by atoms with Crippen molar-refractivity contribution >= 4 is 29.2 Å². The number of benzene rings is 2. The second-order valence-corrected chi connectivity index (χ2v) is 9.52. The van der Waals surface area contributed by atoms with Crippen LogP contribution in [0.15, 0.2) is 66.9 Å². The molecule has 1 aliphatic carbocycles. The minimum atomic E-state index is -0.460. The average Bonchev–Trinajstić information content (AvgIpc) is 3.58. The zero-order chi connectivity index (χ0) is 26.6. The number of phenols is 1. The van der Waals surface area contributed by atoms with E-state index in [2.05, 4.69) is 20.7 Å². The van der Waals surface area contributed by atoms with Crippen molar-refractivity contribution in [1.82, 2.24) is 20.1 Å². The minimum absolute atomic E-state index is 0.0755. The van der Waals surface area contributed by atoms with Gasteiger partial charge in [-0.05, 0) is 60.9 Å². The Morgan fingerprint density at radius 3 is 2.63 bits per heavy atom. The summed E-state index contributed by atoms with van der Waals surface area (Å²) in [6.07, 6.45) is 5.50. The number of nitrogens with zero attached hydrogens (tertiary/aromatic N) is 3. The molecule has 2 heterocycles. The fourth-order valence-corrected chi connectivity index (χ4v) is 4.89. The molecular formula is C28H25ClFN5O3. The molecule has 0 radical (unpaired) electrons. The van der Waals surface area contributed by atoms with Crippen molar-refractivity contribution in [2.75, 3.05) is 5.32 Å². The lowest BCUT2D eigenvalue weighted by molar-refractivity contribution is 0.102. The summed E-state index contributed by atoms with van der Waals surface area (Å²) < 4.78 is 14.9. The third-order valence-corrected chi connectivity index (χ3v) is 6.87. The van der Waals surface area contributed by atoms with Crippen LogP contribution in [0.25, 0.3) is 11.3 Å². The van der Waals surface area contributed by atoms with Crippen LogP contribution in [0.1, 0.15) is 53.2 Å². The van der Waals surface area contributed by atoms with Gasteiger partial charge in [-0.3, -0.25) is 4.79 Å². The Labute approximate surface area is 223 Å². The summed E-state index contributed by atoms with van der Waals surface area (Å²) in [5.41, 5.74) is 2.81. The van der Waals surface area contributed by atoms with E-state index in [0.29, 0.717) is 22.5 Å². The summed E-state index contributed by atoms with van der Waals surface area (Å²) in [5, 5.41) is 20.9. The van der Waals surface area contributed by atoms with Crippen molar-refractivity contribution in [3.63, 3.8) is 0 Å². The van der Waals surface area contributed by atoms with Crippen molar-refractivity contribution in [3.05, 3.63) is 94.7 Å². The maximum Gasteiger partial charge on any atom is 0.342 e. The monoisotopic (exact) mass is 533 g/mol. The van der Waals surface area contributed by atoms with Crippen LogP contribution in [-0.4, -0.2) is 31.8 Å². The van der Waals surface area contributed by atoms with Crippen LogP contribution in [0.5, 0.6) is 5.75 Å². The number of carbonyl (C=O) groups is 2. The number of nitrogens with one attached hydrogen (secondary N) is 2. The number of aromatic hydroxyl groups is 1. The van der Waals surface area contributed by atoms with Gasteiger partial charge in [0.05, 0.1) is 17.0 Å². The summed E-state index contributed by atoms with van der Waals surface area (Å²) in [5.74, 6) is -0.773. The van der Waals surface area contributed by atoms with Crippen molar-refractivity contribution in [2.45, 2.75) is 38.1 Å². The molecule has 5 rings (SSSR count). The maximum atomic E-state index is 13.5. The van der Waals surface area contributed by atoms with E-state index < -0.39 is 11.9 Å². The van der Waals surface area contributed by atoms with Crippen LogP contribution in [0.4, 0.5) is 14.9 Å². The molecule has 0 unspecified atom stereocenters. The van der Waals surface area contributed by atoms with Gasteiger partial charge in [0.15, 0.2) is 0 Å². The standard InChI is InChI=1S/C28H25ClFN5O3/c29-26-22(9-4-12-31-26)27(37)33-20-10-11-21(25(36)14-20)23-15-24(18-6-1-2-7-18)35(34-23)28(38)32-16-17-5-3-8-19(30)13-17/h3-5,8-15,18,36H,1-2,6-7,16H2,(H,32,38)(H,33,37). The van der Waals surface area contributed by atoms with Crippen LogP contribution in [0.2, 0.25) is 5.15 Å². The summed E-state index contributed by atoms with van der Waals surface area (Å²) in [7, 11) is 0. The first-order valence-electron chi connectivity index (χ1n) is 12.3. The van der Waals surface area contributed by atoms with Crippen LogP contribution < -0.4 is 10.6 Å². The third-order valence-electron chi connectivity index (χ3n) is 6.57. The fourth-order valence-electron chi connectivity index (χ4n) is 4.68. The van der Waals surface area contributed by atoms with Crippen LogP contribution in [-0.2, 0) is 6.54 Å². The van der Waals surface area contributed by atoms with Gasteiger partial charge in [-0.15, -0.1) is 0 Å². The minimum Gasteiger partial charge on any atom is -0.507 e. The Bertz CT molecular complexity index is 1500. The van der Waals surface area contributed by atoms with E-state index in [1.54, 1.807) is 36.4 Å². The fraction of sp³-hybridized carbons (Fsp3) is 0.214. The molecule has 8 nitrogen and oxygen atoms in total. The molecule has 194 valence electrons. The molecular weight excluding hydrogens is 509 g/mol. The van der Waals surface area contributed by atoms with E-state index >= 15 is 0 Å². The summed E-state index contributed by atoms with van der Waals surface area (Å²) in [6.45, 7) is 0.149. The van der Waals surface area contributed by atoms with Crippen molar-refractivity contribution in [2.24, 2.45) is 0 Å². The van der Waals surface area contributed by atoms with E-state index in [9.17, 15) is 19.1 Å². The Morgan fingerprint density at radius 2 is 1.89 bits per heavy atom. The molecule has 38 heavy (non-hydrogen) atoms. The Hall–Kier alpha value is -4.24. The van der Waals surface area contributed by atoms with Crippen LogP contribution in [0.3, 0.4) is 0 Å². The number of halogens is 2. The van der Waals surface area contributed by atoms with E-state index in [4.69, 9.17) is 11.6 Å². The first-order valence-corrected chi connectivity index (χ1v) is 12.6. The quantitative estimate of drug-likeness (QED) is 0.259. The first kappa shape index (κ1) is 25.4. The highest BCUT2D eigenvalue weighted by Crippen LogP contribution is 2.38. The SMILES string of the molecule is O=C(Nc1ccc(-c2cc(C3CCCC3)n(C(=O)NCc3cccc(F)c3)n2)c(O)c1)c1cccnc1Cl. The summed E-state index contributed by atoms with van der Waals surface area (Å²) in [6, 6.07) is 15.3. The van der Waals surface area contributed by atoms with Gasteiger partial charge in [0.1, 0.15) is 16.7 Å². The molecule has 0 spiro atoms. The largest absolute Gasteiger partial charge is 0.507 e. The Kier molecular flexibility index (Phi) is 7.37. The van der Waals surface area contributed by atoms with Gasteiger partial charge < -0.3 is 15.7 Å². The number of rotatable bonds is 6. The molecule has 0 saturated heterocycles. The third kappa shape index (κ3) is 5.52. The average molecular weight is 534 g/mol. The predicted molar refractivity (Wildman–Crippen MR) is 142 cm³/mol. The highest BCUT2D eigenvalue weighted by molar-refractivity contribution is 6.33. The van der Waals surface area contributed by atoms with Gasteiger partial charge in [-0.1, -0.05) is 36.6 Å². The lowest BCUT2D eigenvalue weighted by atomic mass is 10.0. The van der Waals surface area contributed by atoms with Crippen molar-refractivity contribution in [3.8, 4) is 17.0 Å². The molecule has 1 aliphatic rings. The molecule has 10 heteroatoms.